The van der Waals surface area contributed by atoms with Crippen molar-refractivity contribution in [1.29, 1.82) is 0 Å². The first kappa shape index (κ1) is 16.3. The fraction of sp³-hybridized carbons (Fsp3) is 0.722. The van der Waals surface area contributed by atoms with Crippen LogP contribution in [-0.4, -0.2) is 29.5 Å². The highest BCUT2D eigenvalue weighted by atomic mass is 15.1. The van der Waals surface area contributed by atoms with E-state index in [2.05, 4.69) is 49.0 Å². The average molecular weight is 289 g/mol. The van der Waals surface area contributed by atoms with Crippen molar-refractivity contribution in [2.24, 2.45) is 11.3 Å². The summed E-state index contributed by atoms with van der Waals surface area (Å²) >= 11 is 0. The second-order valence-corrected chi connectivity index (χ2v) is 7.34. The Morgan fingerprint density at radius 2 is 2.10 bits per heavy atom. The minimum Gasteiger partial charge on any atom is -0.385 e. The molecule has 0 saturated carbocycles. The first-order chi connectivity index (χ1) is 9.99. The van der Waals surface area contributed by atoms with E-state index in [1.807, 2.05) is 12.3 Å². The van der Waals surface area contributed by atoms with Gasteiger partial charge in [-0.15, -0.1) is 0 Å². The predicted octanol–water partition coefficient (Wildman–Crippen LogP) is 4.16. The van der Waals surface area contributed by atoms with Crippen molar-refractivity contribution in [2.75, 3.05) is 25.0 Å². The first-order valence-corrected chi connectivity index (χ1v) is 8.40. The third-order valence-corrected chi connectivity index (χ3v) is 4.63. The molecular formula is C18H31N3. The number of pyridine rings is 1. The van der Waals surface area contributed by atoms with E-state index < -0.39 is 0 Å². The van der Waals surface area contributed by atoms with Crippen molar-refractivity contribution in [3.8, 4) is 0 Å². The zero-order valence-electron chi connectivity index (χ0n) is 14.2. The van der Waals surface area contributed by atoms with Crippen LogP contribution in [-0.2, 0) is 6.54 Å². The molecule has 3 nitrogen and oxygen atoms in total. The number of aromatic nitrogens is 1. The molecule has 0 amide bonds. The van der Waals surface area contributed by atoms with Crippen molar-refractivity contribution in [3.05, 3.63) is 24.0 Å². The molecule has 0 aromatic carbocycles. The summed E-state index contributed by atoms with van der Waals surface area (Å²) in [6, 6.07) is 4.24. The number of hydrogen-bond acceptors (Lipinski definition) is 3. The molecule has 21 heavy (non-hydrogen) atoms. The Balaban J connectivity index is 1.93. The molecule has 1 N–H and O–H groups in total. The molecule has 3 heteroatoms. The molecule has 1 aliphatic rings. The molecule has 1 aliphatic heterocycles. The number of likely N-dealkylation sites (tertiary alicyclic amines) is 1. The Morgan fingerprint density at radius 1 is 1.29 bits per heavy atom. The summed E-state index contributed by atoms with van der Waals surface area (Å²) < 4.78 is 0. The second kappa shape index (κ2) is 7.26. The molecule has 1 fully saturated rings. The molecule has 1 unspecified atom stereocenters. The van der Waals surface area contributed by atoms with Gasteiger partial charge in [0.25, 0.3) is 0 Å². The predicted molar refractivity (Wildman–Crippen MR) is 90.5 cm³/mol. The van der Waals surface area contributed by atoms with Gasteiger partial charge < -0.3 is 5.32 Å². The Bertz CT molecular complexity index is 436. The summed E-state index contributed by atoms with van der Waals surface area (Å²) in [5.74, 6) is 0.851. The number of nitrogens with one attached hydrogen (secondary N) is 1. The lowest BCUT2D eigenvalue weighted by atomic mass is 9.77. The van der Waals surface area contributed by atoms with Crippen LogP contribution in [0.4, 0.5) is 5.69 Å². The number of anilines is 1. The van der Waals surface area contributed by atoms with E-state index in [4.69, 9.17) is 0 Å². The molecule has 2 rings (SSSR count). The maximum atomic E-state index is 4.53. The van der Waals surface area contributed by atoms with Gasteiger partial charge in [-0.25, -0.2) is 0 Å². The minimum atomic E-state index is 0.444. The molecule has 118 valence electrons. The van der Waals surface area contributed by atoms with Crippen LogP contribution in [0.3, 0.4) is 0 Å². The highest BCUT2D eigenvalue weighted by Gasteiger charge is 2.27. The number of hydrogen-bond donors (Lipinski definition) is 1. The van der Waals surface area contributed by atoms with E-state index >= 15 is 0 Å². The van der Waals surface area contributed by atoms with Gasteiger partial charge in [-0.05, 0) is 62.7 Å². The summed E-state index contributed by atoms with van der Waals surface area (Å²) in [4.78, 5) is 7.11. The summed E-state index contributed by atoms with van der Waals surface area (Å²) in [6.45, 7) is 13.6. The lowest BCUT2D eigenvalue weighted by Crippen LogP contribution is -2.26. The van der Waals surface area contributed by atoms with Crippen LogP contribution in [0.5, 0.6) is 0 Å². The Morgan fingerprint density at radius 3 is 2.81 bits per heavy atom. The Labute approximate surface area is 130 Å². The average Bonchev–Trinajstić information content (AvgIpc) is 2.65. The van der Waals surface area contributed by atoms with Gasteiger partial charge >= 0.3 is 0 Å². The molecule has 1 saturated heterocycles. The summed E-state index contributed by atoms with van der Waals surface area (Å²) in [6.07, 6.45) is 5.92. The van der Waals surface area contributed by atoms with Gasteiger partial charge in [0.15, 0.2) is 0 Å². The largest absolute Gasteiger partial charge is 0.385 e. The molecule has 1 aromatic heterocycles. The van der Waals surface area contributed by atoms with Crippen molar-refractivity contribution in [3.63, 3.8) is 0 Å². The third kappa shape index (κ3) is 4.99. The standard InChI is InChI=1S/C18H31N3/c1-5-19-16-8-10-20-17(13-16)14-21-11-6-7-15(9-12-21)18(2,3)4/h8,10,13,15H,5-7,9,11-12,14H2,1-4H3,(H,19,20). The monoisotopic (exact) mass is 289 g/mol. The maximum Gasteiger partial charge on any atom is 0.0564 e. The Hall–Kier alpha value is -1.09. The molecule has 0 radical (unpaired) electrons. The van der Waals surface area contributed by atoms with Crippen LogP contribution in [0.2, 0.25) is 0 Å². The zero-order chi connectivity index (χ0) is 15.3. The SMILES string of the molecule is CCNc1ccnc(CN2CCCC(C(C)(C)C)CC2)c1. The summed E-state index contributed by atoms with van der Waals surface area (Å²) in [5, 5.41) is 3.37. The van der Waals surface area contributed by atoms with E-state index in [0.717, 1.165) is 19.0 Å². The molecular weight excluding hydrogens is 258 g/mol. The molecule has 1 atom stereocenters. The van der Waals surface area contributed by atoms with Crippen LogP contribution < -0.4 is 5.32 Å². The number of nitrogens with zero attached hydrogens (tertiary/aromatic N) is 2. The van der Waals surface area contributed by atoms with E-state index in [1.165, 1.54) is 43.7 Å². The Kier molecular flexibility index (Phi) is 5.63. The topological polar surface area (TPSA) is 28.2 Å². The normalized spacial score (nSPS) is 21.0. The third-order valence-electron chi connectivity index (χ3n) is 4.63. The van der Waals surface area contributed by atoms with Gasteiger partial charge in [0.05, 0.1) is 5.69 Å². The van der Waals surface area contributed by atoms with Crippen molar-refractivity contribution in [1.82, 2.24) is 9.88 Å². The highest BCUT2D eigenvalue weighted by Crippen LogP contribution is 2.34. The van der Waals surface area contributed by atoms with Crippen LogP contribution in [0.25, 0.3) is 0 Å². The molecule has 0 aliphatic carbocycles. The van der Waals surface area contributed by atoms with Gasteiger partial charge in [0, 0.05) is 25.0 Å². The van der Waals surface area contributed by atoms with E-state index in [-0.39, 0.29) is 0 Å². The van der Waals surface area contributed by atoms with Crippen LogP contribution in [0, 0.1) is 11.3 Å². The highest BCUT2D eigenvalue weighted by molar-refractivity contribution is 5.42. The number of rotatable bonds is 4. The van der Waals surface area contributed by atoms with Crippen molar-refractivity contribution < 1.29 is 0 Å². The smallest absolute Gasteiger partial charge is 0.0564 e. The van der Waals surface area contributed by atoms with Crippen LogP contribution in [0.15, 0.2) is 18.3 Å². The molecule has 0 bridgehead atoms. The van der Waals surface area contributed by atoms with Gasteiger partial charge in [-0.2, -0.15) is 0 Å². The van der Waals surface area contributed by atoms with Gasteiger partial charge in [-0.1, -0.05) is 20.8 Å². The van der Waals surface area contributed by atoms with Gasteiger partial charge in [-0.3, -0.25) is 9.88 Å². The van der Waals surface area contributed by atoms with Gasteiger partial charge in [0.1, 0.15) is 0 Å². The van der Waals surface area contributed by atoms with E-state index in [9.17, 15) is 0 Å². The lowest BCUT2D eigenvalue weighted by Gasteiger charge is -2.29. The quantitative estimate of drug-likeness (QED) is 0.902. The van der Waals surface area contributed by atoms with Crippen LogP contribution >= 0.6 is 0 Å². The fourth-order valence-corrected chi connectivity index (χ4v) is 3.29. The van der Waals surface area contributed by atoms with E-state index in [0.29, 0.717) is 5.41 Å². The summed E-state index contributed by atoms with van der Waals surface area (Å²) in [5.41, 5.74) is 2.81. The minimum absolute atomic E-state index is 0.444. The zero-order valence-corrected chi connectivity index (χ0v) is 14.2. The first-order valence-electron chi connectivity index (χ1n) is 8.40. The van der Waals surface area contributed by atoms with Gasteiger partial charge in [0.2, 0.25) is 0 Å². The fourth-order valence-electron chi connectivity index (χ4n) is 3.29. The maximum absolute atomic E-state index is 4.53. The van der Waals surface area contributed by atoms with Crippen LogP contribution in [0.1, 0.15) is 52.7 Å². The molecule has 0 spiro atoms. The second-order valence-electron chi connectivity index (χ2n) is 7.34. The van der Waals surface area contributed by atoms with E-state index in [1.54, 1.807) is 0 Å². The summed E-state index contributed by atoms with van der Waals surface area (Å²) in [7, 11) is 0. The lowest BCUT2D eigenvalue weighted by molar-refractivity contribution is 0.206. The molecule has 1 aromatic rings. The molecule has 2 heterocycles. The van der Waals surface area contributed by atoms with Crippen molar-refractivity contribution in [2.45, 2.75) is 53.5 Å². The van der Waals surface area contributed by atoms with Crippen molar-refractivity contribution >= 4 is 5.69 Å².